The number of carbonyl (C=O) groups excluding carboxylic acids is 1. The van der Waals surface area contributed by atoms with Crippen molar-refractivity contribution in [2.45, 2.75) is 37.6 Å². The van der Waals surface area contributed by atoms with Crippen molar-refractivity contribution in [1.82, 2.24) is 5.32 Å². The maximum Gasteiger partial charge on any atom is 0.323 e. The zero-order valence-corrected chi connectivity index (χ0v) is 16.9. The van der Waals surface area contributed by atoms with Gasteiger partial charge in [0.1, 0.15) is 12.1 Å². The first-order chi connectivity index (χ1) is 13.6. The largest absolute Gasteiger partial charge is 0.480 e. The van der Waals surface area contributed by atoms with E-state index < -0.39 is 24.0 Å². The molecule has 2 rings (SSSR count). The van der Waals surface area contributed by atoms with Crippen LogP contribution in [0.25, 0.3) is 0 Å². The first kappa shape index (κ1) is 22.0. The smallest absolute Gasteiger partial charge is 0.323 e. The Bertz CT molecular complexity index is 724. The van der Waals surface area contributed by atoms with Gasteiger partial charge in [0.2, 0.25) is 0 Å². The number of esters is 1. The van der Waals surface area contributed by atoms with E-state index in [4.69, 9.17) is 4.74 Å². The van der Waals surface area contributed by atoms with Crippen molar-refractivity contribution < 1.29 is 19.4 Å². The topological polar surface area (TPSA) is 75.6 Å². The highest BCUT2D eigenvalue weighted by atomic mass is 32.2. The molecule has 0 aliphatic heterocycles. The van der Waals surface area contributed by atoms with E-state index in [1.807, 2.05) is 60.7 Å². The van der Waals surface area contributed by atoms with Gasteiger partial charge in [0, 0.05) is 11.5 Å². The van der Waals surface area contributed by atoms with Crippen LogP contribution in [-0.4, -0.2) is 41.5 Å². The Kier molecular flexibility index (Phi) is 9.59. The van der Waals surface area contributed by atoms with E-state index in [0.717, 1.165) is 16.9 Å². The highest BCUT2D eigenvalue weighted by Gasteiger charge is 2.27. The molecular formula is C22H27NO4S. The molecule has 0 saturated heterocycles. The molecule has 1 unspecified atom stereocenters. The van der Waals surface area contributed by atoms with Crippen LogP contribution in [0.5, 0.6) is 0 Å². The standard InChI is InChI=1S/C22H27NO4S/c1-2-27-22(26)19(14-13-17-9-5-3-6-10-17)23-20(21(24)25)16-28-15-18-11-7-4-8-12-18/h3-12,19-20,23H,2,13-16H2,1H3,(H,24,25)/t19?,20-/m0/s1. The van der Waals surface area contributed by atoms with Gasteiger partial charge in [0.05, 0.1) is 6.61 Å². The summed E-state index contributed by atoms with van der Waals surface area (Å²) in [4.78, 5) is 24.0. The number of aliphatic carboxylic acids is 1. The van der Waals surface area contributed by atoms with Crippen LogP contribution >= 0.6 is 11.8 Å². The molecule has 2 N–H and O–H groups in total. The number of carboxylic acids is 1. The summed E-state index contributed by atoms with van der Waals surface area (Å²) in [6, 6.07) is 18.2. The average molecular weight is 402 g/mol. The van der Waals surface area contributed by atoms with Gasteiger partial charge in [0.25, 0.3) is 0 Å². The van der Waals surface area contributed by atoms with E-state index in [1.54, 1.807) is 6.92 Å². The number of thioether (sulfide) groups is 1. The Morgan fingerprint density at radius 3 is 2.18 bits per heavy atom. The lowest BCUT2D eigenvalue weighted by atomic mass is 10.0. The fourth-order valence-electron chi connectivity index (χ4n) is 2.77. The highest BCUT2D eigenvalue weighted by molar-refractivity contribution is 7.98. The minimum atomic E-state index is -0.963. The number of carboxylic acid groups (broad SMARTS) is 1. The van der Waals surface area contributed by atoms with Gasteiger partial charge in [-0.2, -0.15) is 11.8 Å². The molecule has 0 aromatic heterocycles. The second-order valence-electron chi connectivity index (χ2n) is 6.39. The summed E-state index contributed by atoms with van der Waals surface area (Å²) in [7, 11) is 0. The van der Waals surface area contributed by atoms with Gasteiger partial charge in [-0.3, -0.25) is 14.9 Å². The lowest BCUT2D eigenvalue weighted by Gasteiger charge is -2.22. The molecule has 0 spiro atoms. The van der Waals surface area contributed by atoms with Crippen LogP contribution in [0.3, 0.4) is 0 Å². The number of carbonyl (C=O) groups is 2. The first-order valence-electron chi connectivity index (χ1n) is 9.41. The molecule has 2 aromatic rings. The number of benzene rings is 2. The quantitative estimate of drug-likeness (QED) is 0.530. The Balaban J connectivity index is 1.94. The number of ether oxygens (including phenoxy) is 1. The third-order valence-electron chi connectivity index (χ3n) is 4.23. The van der Waals surface area contributed by atoms with Crippen LogP contribution in [0.15, 0.2) is 60.7 Å². The van der Waals surface area contributed by atoms with Crippen molar-refractivity contribution in [2.24, 2.45) is 0 Å². The van der Waals surface area contributed by atoms with E-state index in [1.165, 1.54) is 11.8 Å². The van der Waals surface area contributed by atoms with Crippen LogP contribution in [-0.2, 0) is 26.5 Å². The van der Waals surface area contributed by atoms with Gasteiger partial charge in [-0.1, -0.05) is 60.7 Å². The molecule has 0 bridgehead atoms. The Labute approximate surface area is 170 Å². The zero-order chi connectivity index (χ0) is 20.2. The summed E-state index contributed by atoms with van der Waals surface area (Å²) in [5.41, 5.74) is 2.24. The number of hydrogen-bond acceptors (Lipinski definition) is 5. The predicted octanol–water partition coefficient (Wildman–Crippen LogP) is 3.53. The van der Waals surface area contributed by atoms with Crippen molar-refractivity contribution in [3.8, 4) is 0 Å². The summed E-state index contributed by atoms with van der Waals surface area (Å²) in [5, 5.41) is 12.6. The fraction of sp³-hybridized carbons (Fsp3) is 0.364. The molecule has 0 fully saturated rings. The second kappa shape index (κ2) is 12.2. The maximum absolute atomic E-state index is 12.3. The highest BCUT2D eigenvalue weighted by Crippen LogP contribution is 2.14. The van der Waals surface area contributed by atoms with Crippen LogP contribution < -0.4 is 5.32 Å². The van der Waals surface area contributed by atoms with Gasteiger partial charge in [-0.15, -0.1) is 0 Å². The predicted molar refractivity (Wildman–Crippen MR) is 112 cm³/mol. The minimum Gasteiger partial charge on any atom is -0.480 e. The number of nitrogens with one attached hydrogen (secondary N) is 1. The first-order valence-corrected chi connectivity index (χ1v) is 10.6. The van der Waals surface area contributed by atoms with Gasteiger partial charge in [-0.25, -0.2) is 0 Å². The molecule has 5 nitrogen and oxygen atoms in total. The Hall–Kier alpha value is -2.31. The molecule has 0 amide bonds. The van der Waals surface area contributed by atoms with Gasteiger partial charge >= 0.3 is 11.9 Å². The maximum atomic E-state index is 12.3. The van der Waals surface area contributed by atoms with Crippen LogP contribution in [0.4, 0.5) is 0 Å². The molecule has 2 atom stereocenters. The monoisotopic (exact) mass is 401 g/mol. The molecule has 150 valence electrons. The number of rotatable bonds is 12. The van der Waals surface area contributed by atoms with Crippen molar-refractivity contribution in [3.05, 3.63) is 71.8 Å². The van der Waals surface area contributed by atoms with E-state index >= 15 is 0 Å². The van der Waals surface area contributed by atoms with Crippen LogP contribution in [0.2, 0.25) is 0 Å². The third kappa shape index (κ3) is 7.74. The van der Waals surface area contributed by atoms with Crippen LogP contribution in [0, 0.1) is 0 Å². The van der Waals surface area contributed by atoms with E-state index in [9.17, 15) is 14.7 Å². The Morgan fingerprint density at radius 2 is 1.61 bits per heavy atom. The summed E-state index contributed by atoms with van der Waals surface area (Å²) < 4.78 is 5.15. The SMILES string of the molecule is CCOC(=O)C(CCc1ccccc1)N[C@@H](CSCc1ccccc1)C(=O)O. The van der Waals surface area contributed by atoms with Crippen LogP contribution in [0.1, 0.15) is 24.5 Å². The number of aryl methyl sites for hydroxylation is 1. The lowest BCUT2D eigenvalue weighted by Crippen LogP contribution is -2.49. The second-order valence-corrected chi connectivity index (χ2v) is 7.42. The summed E-state index contributed by atoms with van der Waals surface area (Å²) >= 11 is 1.53. The van der Waals surface area contributed by atoms with Crippen molar-refractivity contribution in [2.75, 3.05) is 12.4 Å². The van der Waals surface area contributed by atoms with Crippen molar-refractivity contribution >= 4 is 23.7 Å². The average Bonchev–Trinajstić information content (AvgIpc) is 2.71. The van der Waals surface area contributed by atoms with Crippen molar-refractivity contribution in [1.29, 1.82) is 0 Å². The molecular weight excluding hydrogens is 374 g/mol. The normalized spacial score (nSPS) is 12.9. The van der Waals surface area contributed by atoms with Gasteiger partial charge in [0.15, 0.2) is 0 Å². The Morgan fingerprint density at radius 1 is 1.00 bits per heavy atom. The molecule has 2 aromatic carbocycles. The van der Waals surface area contributed by atoms with Gasteiger partial charge < -0.3 is 9.84 Å². The van der Waals surface area contributed by atoms with Gasteiger partial charge in [-0.05, 0) is 30.9 Å². The molecule has 6 heteroatoms. The van der Waals surface area contributed by atoms with E-state index in [0.29, 0.717) is 18.6 Å². The minimum absolute atomic E-state index is 0.267. The lowest BCUT2D eigenvalue weighted by molar-refractivity contribution is -0.147. The summed E-state index contributed by atoms with van der Waals surface area (Å²) in [6.45, 7) is 2.01. The number of hydrogen-bond donors (Lipinski definition) is 2. The summed E-state index contributed by atoms with van der Waals surface area (Å²) in [6.07, 6.45) is 1.15. The summed E-state index contributed by atoms with van der Waals surface area (Å²) in [5.74, 6) is -0.279. The van der Waals surface area contributed by atoms with E-state index in [-0.39, 0.29) is 6.61 Å². The molecule has 0 aliphatic carbocycles. The molecule has 0 radical (unpaired) electrons. The van der Waals surface area contributed by atoms with E-state index in [2.05, 4.69) is 5.32 Å². The molecule has 0 heterocycles. The molecule has 0 aliphatic rings. The molecule has 28 heavy (non-hydrogen) atoms. The zero-order valence-electron chi connectivity index (χ0n) is 16.0. The third-order valence-corrected chi connectivity index (χ3v) is 5.34. The fourth-order valence-corrected chi connectivity index (χ4v) is 3.79. The van der Waals surface area contributed by atoms with Crippen molar-refractivity contribution in [3.63, 3.8) is 0 Å². The molecule has 0 saturated carbocycles.